The average molecular weight is 303 g/mol. The Hall–Kier alpha value is -0.170. The second-order valence-corrected chi connectivity index (χ2v) is 8.75. The predicted octanol–water partition coefficient (Wildman–Crippen LogP) is 0.873. The Balaban J connectivity index is 2.09. The minimum Gasteiger partial charge on any atom is -0.314 e. The molecule has 0 aromatic carbocycles. The van der Waals surface area contributed by atoms with Gasteiger partial charge in [0.2, 0.25) is 10.0 Å². The highest BCUT2D eigenvalue weighted by molar-refractivity contribution is 7.89. The zero-order valence-corrected chi connectivity index (χ0v) is 13.8. The van der Waals surface area contributed by atoms with Gasteiger partial charge in [0.05, 0.1) is 5.25 Å². The Morgan fingerprint density at radius 2 is 2.00 bits per heavy atom. The molecule has 2 aliphatic heterocycles. The first-order chi connectivity index (χ1) is 9.43. The summed E-state index contributed by atoms with van der Waals surface area (Å²) in [6.07, 6.45) is 3.57. The molecular formula is C14H29N3O2S. The van der Waals surface area contributed by atoms with Crippen LogP contribution in [-0.4, -0.2) is 67.7 Å². The quantitative estimate of drug-likeness (QED) is 0.841. The molecule has 0 aliphatic carbocycles. The number of nitrogens with one attached hydrogen (secondary N) is 1. The summed E-state index contributed by atoms with van der Waals surface area (Å²) < 4.78 is 26.8. The maximum absolute atomic E-state index is 12.6. The van der Waals surface area contributed by atoms with Gasteiger partial charge in [-0.15, -0.1) is 0 Å². The van der Waals surface area contributed by atoms with Crippen LogP contribution in [0.15, 0.2) is 0 Å². The van der Waals surface area contributed by atoms with Gasteiger partial charge < -0.3 is 5.32 Å². The maximum atomic E-state index is 12.6. The number of hydrogen-bond donors (Lipinski definition) is 1. The monoisotopic (exact) mass is 303 g/mol. The normalized spacial score (nSPS) is 33.2. The van der Waals surface area contributed by atoms with Gasteiger partial charge in [-0.25, -0.2) is 8.42 Å². The van der Waals surface area contributed by atoms with Crippen LogP contribution in [0.25, 0.3) is 0 Å². The number of nitrogens with zero attached hydrogens (tertiary/aromatic N) is 2. The lowest BCUT2D eigenvalue weighted by atomic mass is 10.0. The van der Waals surface area contributed by atoms with Crippen LogP contribution in [0.1, 0.15) is 40.0 Å². The van der Waals surface area contributed by atoms with Gasteiger partial charge in [-0.1, -0.05) is 6.42 Å². The van der Waals surface area contributed by atoms with E-state index in [0.29, 0.717) is 31.7 Å². The van der Waals surface area contributed by atoms with E-state index in [9.17, 15) is 8.42 Å². The highest BCUT2D eigenvalue weighted by Gasteiger charge is 2.34. The van der Waals surface area contributed by atoms with E-state index in [1.807, 2.05) is 6.92 Å². The maximum Gasteiger partial charge on any atom is 0.218 e. The Labute approximate surface area is 123 Å². The molecule has 118 valence electrons. The van der Waals surface area contributed by atoms with Crippen LogP contribution >= 0.6 is 0 Å². The fraction of sp³-hybridized carbons (Fsp3) is 1.00. The molecular weight excluding hydrogens is 274 g/mol. The summed E-state index contributed by atoms with van der Waals surface area (Å²) in [6, 6.07) is 0.870. The minimum absolute atomic E-state index is 0.318. The molecule has 1 N–H and O–H groups in total. The van der Waals surface area contributed by atoms with Crippen molar-refractivity contribution in [3.63, 3.8) is 0 Å². The smallest absolute Gasteiger partial charge is 0.218 e. The number of rotatable bonds is 3. The Morgan fingerprint density at radius 3 is 2.70 bits per heavy atom. The topological polar surface area (TPSA) is 52.6 Å². The van der Waals surface area contributed by atoms with Crippen LogP contribution in [0.2, 0.25) is 0 Å². The van der Waals surface area contributed by atoms with Crippen LogP contribution in [0.3, 0.4) is 0 Å². The van der Waals surface area contributed by atoms with Crippen LogP contribution < -0.4 is 5.32 Å². The van der Waals surface area contributed by atoms with Crippen LogP contribution in [0.4, 0.5) is 0 Å². The van der Waals surface area contributed by atoms with Crippen molar-refractivity contribution in [1.82, 2.24) is 14.5 Å². The van der Waals surface area contributed by atoms with Crippen molar-refractivity contribution in [1.29, 1.82) is 0 Å². The number of sulfonamides is 1. The van der Waals surface area contributed by atoms with E-state index in [4.69, 9.17) is 0 Å². The summed E-state index contributed by atoms with van der Waals surface area (Å²) in [4.78, 5) is 2.47. The van der Waals surface area contributed by atoms with Gasteiger partial charge >= 0.3 is 0 Å². The second kappa shape index (κ2) is 6.73. The molecule has 2 aliphatic rings. The third-order valence-corrected chi connectivity index (χ3v) is 6.82. The zero-order valence-electron chi connectivity index (χ0n) is 13.0. The lowest BCUT2D eigenvalue weighted by molar-refractivity contribution is 0.0967. The summed E-state index contributed by atoms with van der Waals surface area (Å²) in [6.45, 7) is 9.92. The molecule has 0 spiro atoms. The molecule has 0 saturated carbocycles. The Bertz CT molecular complexity index is 411. The number of piperidine rings is 1. The molecule has 2 fully saturated rings. The molecule has 2 saturated heterocycles. The van der Waals surface area contributed by atoms with Crippen molar-refractivity contribution in [2.45, 2.75) is 57.4 Å². The highest BCUT2D eigenvalue weighted by atomic mass is 32.2. The van der Waals surface area contributed by atoms with Gasteiger partial charge in [-0.2, -0.15) is 4.31 Å². The molecule has 0 aromatic heterocycles. The molecule has 0 radical (unpaired) electrons. The van der Waals surface area contributed by atoms with Crippen molar-refractivity contribution in [3.8, 4) is 0 Å². The molecule has 2 unspecified atom stereocenters. The predicted molar refractivity (Wildman–Crippen MR) is 82.3 cm³/mol. The summed E-state index contributed by atoms with van der Waals surface area (Å²) in [5.74, 6) is 0. The molecule has 0 aromatic rings. The summed E-state index contributed by atoms with van der Waals surface area (Å²) in [7, 11) is -3.14. The van der Waals surface area contributed by atoms with Gasteiger partial charge in [0.15, 0.2) is 0 Å². The summed E-state index contributed by atoms with van der Waals surface area (Å²) in [5, 5.41) is 2.90. The van der Waals surface area contributed by atoms with Crippen molar-refractivity contribution < 1.29 is 8.42 Å². The Morgan fingerprint density at radius 1 is 1.25 bits per heavy atom. The first-order valence-electron chi connectivity index (χ1n) is 7.88. The third kappa shape index (κ3) is 3.53. The fourth-order valence-corrected chi connectivity index (χ4v) is 4.89. The summed E-state index contributed by atoms with van der Waals surface area (Å²) in [5.41, 5.74) is 0. The van der Waals surface area contributed by atoms with Gasteiger partial charge in [-0.05, 0) is 40.2 Å². The van der Waals surface area contributed by atoms with E-state index in [1.165, 1.54) is 12.8 Å². The van der Waals surface area contributed by atoms with Crippen molar-refractivity contribution in [3.05, 3.63) is 0 Å². The molecule has 2 heterocycles. The third-order valence-electron chi connectivity index (χ3n) is 4.59. The molecule has 6 heteroatoms. The molecule has 20 heavy (non-hydrogen) atoms. The van der Waals surface area contributed by atoms with E-state index >= 15 is 0 Å². The standard InChI is InChI=1S/C14H29N3O2S/c1-12(2)17-8-5-4-6-14(17)11-16-9-7-15-10-13(3)20(16,18)19/h12-15H,4-11H2,1-3H3. The molecule has 0 amide bonds. The SMILES string of the molecule is CC(C)N1CCCCC1CN1CCNCC(C)S1(=O)=O. The Kier molecular flexibility index (Phi) is 5.45. The largest absolute Gasteiger partial charge is 0.314 e. The van der Waals surface area contributed by atoms with E-state index in [1.54, 1.807) is 4.31 Å². The first-order valence-corrected chi connectivity index (χ1v) is 9.38. The van der Waals surface area contributed by atoms with Crippen molar-refractivity contribution >= 4 is 10.0 Å². The van der Waals surface area contributed by atoms with Crippen molar-refractivity contribution in [2.24, 2.45) is 0 Å². The summed E-state index contributed by atoms with van der Waals surface area (Å²) >= 11 is 0. The molecule has 5 nitrogen and oxygen atoms in total. The van der Waals surface area contributed by atoms with Gasteiger partial charge in [0.1, 0.15) is 0 Å². The lowest BCUT2D eigenvalue weighted by Gasteiger charge is -2.40. The van der Waals surface area contributed by atoms with Crippen LogP contribution in [0, 0.1) is 0 Å². The van der Waals surface area contributed by atoms with E-state index in [2.05, 4.69) is 24.1 Å². The van der Waals surface area contributed by atoms with Crippen LogP contribution in [-0.2, 0) is 10.0 Å². The van der Waals surface area contributed by atoms with Crippen molar-refractivity contribution in [2.75, 3.05) is 32.7 Å². The number of likely N-dealkylation sites (tertiary alicyclic amines) is 1. The molecule has 2 rings (SSSR count). The van der Waals surface area contributed by atoms with Crippen LogP contribution in [0.5, 0.6) is 0 Å². The van der Waals surface area contributed by atoms with Gasteiger partial charge in [0.25, 0.3) is 0 Å². The first kappa shape index (κ1) is 16.2. The van der Waals surface area contributed by atoms with E-state index in [0.717, 1.165) is 19.5 Å². The zero-order chi connectivity index (χ0) is 14.8. The lowest BCUT2D eigenvalue weighted by Crippen LogP contribution is -2.51. The molecule has 0 bridgehead atoms. The minimum atomic E-state index is -3.14. The van der Waals surface area contributed by atoms with E-state index in [-0.39, 0.29) is 5.25 Å². The van der Waals surface area contributed by atoms with Gasteiger partial charge in [0, 0.05) is 38.3 Å². The second-order valence-electron chi connectivity index (χ2n) is 6.40. The number of hydrogen-bond acceptors (Lipinski definition) is 4. The highest BCUT2D eigenvalue weighted by Crippen LogP contribution is 2.22. The molecule has 2 atom stereocenters. The van der Waals surface area contributed by atoms with E-state index < -0.39 is 10.0 Å². The van der Waals surface area contributed by atoms with Gasteiger partial charge in [-0.3, -0.25) is 4.90 Å². The average Bonchev–Trinajstić information content (AvgIpc) is 2.52. The fourth-order valence-electron chi connectivity index (χ4n) is 3.33.